The van der Waals surface area contributed by atoms with Gasteiger partial charge in [0.2, 0.25) is 5.28 Å². The summed E-state index contributed by atoms with van der Waals surface area (Å²) in [6.45, 7) is 4.83. The van der Waals surface area contributed by atoms with E-state index in [1.54, 1.807) is 0 Å². The first-order valence-corrected chi connectivity index (χ1v) is 6.32. The van der Waals surface area contributed by atoms with Crippen molar-refractivity contribution in [2.75, 3.05) is 11.9 Å². The van der Waals surface area contributed by atoms with E-state index in [9.17, 15) is 0 Å². The Morgan fingerprint density at radius 1 is 1.17 bits per heavy atom. The molecular weight excluding hydrogens is 246 g/mol. The standard InChI is InChI=1S/C14H16ClN3/c1-10-4-3-5-12(8-10)6-7-16-13-9-11(2)17-14(15)18-13/h3-5,8-9H,6-7H2,1-2H3,(H,16,17,18). The van der Waals surface area contributed by atoms with Crippen molar-refractivity contribution in [1.29, 1.82) is 0 Å². The fourth-order valence-electron chi connectivity index (χ4n) is 1.83. The van der Waals surface area contributed by atoms with Gasteiger partial charge in [-0.1, -0.05) is 29.8 Å². The molecule has 0 spiro atoms. The van der Waals surface area contributed by atoms with E-state index in [0.717, 1.165) is 24.5 Å². The molecule has 0 amide bonds. The first-order valence-electron chi connectivity index (χ1n) is 5.94. The Kier molecular flexibility index (Phi) is 4.15. The van der Waals surface area contributed by atoms with Crippen LogP contribution in [0.25, 0.3) is 0 Å². The van der Waals surface area contributed by atoms with E-state index in [2.05, 4.69) is 46.5 Å². The first-order chi connectivity index (χ1) is 8.63. The molecule has 2 rings (SSSR count). The quantitative estimate of drug-likeness (QED) is 0.858. The number of anilines is 1. The van der Waals surface area contributed by atoms with Crippen molar-refractivity contribution in [2.24, 2.45) is 0 Å². The van der Waals surface area contributed by atoms with Gasteiger partial charge in [-0.2, -0.15) is 0 Å². The Bertz CT molecular complexity index is 520. The highest BCUT2D eigenvalue weighted by Gasteiger charge is 1.99. The van der Waals surface area contributed by atoms with Crippen molar-refractivity contribution < 1.29 is 0 Å². The molecule has 0 aliphatic carbocycles. The summed E-state index contributed by atoms with van der Waals surface area (Å²) in [6.07, 6.45) is 0.961. The number of aromatic nitrogens is 2. The molecule has 1 heterocycles. The molecule has 0 unspecified atom stereocenters. The van der Waals surface area contributed by atoms with E-state index >= 15 is 0 Å². The summed E-state index contributed by atoms with van der Waals surface area (Å²) in [5, 5.41) is 3.54. The van der Waals surface area contributed by atoms with Gasteiger partial charge in [-0.05, 0) is 37.4 Å². The highest BCUT2D eigenvalue weighted by atomic mass is 35.5. The minimum Gasteiger partial charge on any atom is -0.370 e. The smallest absolute Gasteiger partial charge is 0.224 e. The van der Waals surface area contributed by atoms with Crippen LogP contribution >= 0.6 is 11.6 Å². The van der Waals surface area contributed by atoms with Gasteiger partial charge in [-0.25, -0.2) is 9.97 Å². The Hall–Kier alpha value is -1.61. The van der Waals surface area contributed by atoms with Crippen molar-refractivity contribution in [3.63, 3.8) is 0 Å². The van der Waals surface area contributed by atoms with Crippen molar-refractivity contribution in [2.45, 2.75) is 20.3 Å². The molecule has 0 saturated carbocycles. The van der Waals surface area contributed by atoms with Gasteiger partial charge in [0.25, 0.3) is 0 Å². The van der Waals surface area contributed by atoms with Crippen LogP contribution in [0.4, 0.5) is 5.82 Å². The van der Waals surface area contributed by atoms with Gasteiger partial charge < -0.3 is 5.32 Å². The number of rotatable bonds is 4. The molecule has 94 valence electrons. The summed E-state index contributed by atoms with van der Waals surface area (Å²) in [7, 11) is 0. The molecule has 0 saturated heterocycles. The van der Waals surface area contributed by atoms with E-state index in [1.165, 1.54) is 11.1 Å². The van der Waals surface area contributed by atoms with Gasteiger partial charge in [0, 0.05) is 18.3 Å². The monoisotopic (exact) mass is 261 g/mol. The molecule has 3 nitrogen and oxygen atoms in total. The molecule has 1 N–H and O–H groups in total. The molecule has 1 aromatic heterocycles. The van der Waals surface area contributed by atoms with Gasteiger partial charge in [0.1, 0.15) is 5.82 Å². The number of nitrogens with one attached hydrogen (secondary N) is 1. The lowest BCUT2D eigenvalue weighted by molar-refractivity contribution is 0.991. The molecule has 1 aromatic carbocycles. The van der Waals surface area contributed by atoms with E-state index in [4.69, 9.17) is 11.6 Å². The van der Waals surface area contributed by atoms with Gasteiger partial charge in [-0.3, -0.25) is 0 Å². The fraction of sp³-hybridized carbons (Fsp3) is 0.286. The van der Waals surface area contributed by atoms with Crippen LogP contribution < -0.4 is 5.32 Å². The average Bonchev–Trinajstić information content (AvgIpc) is 2.27. The maximum Gasteiger partial charge on any atom is 0.224 e. The topological polar surface area (TPSA) is 37.8 Å². The second kappa shape index (κ2) is 5.83. The number of nitrogens with zero attached hydrogens (tertiary/aromatic N) is 2. The minimum absolute atomic E-state index is 0.285. The Balaban J connectivity index is 1.92. The molecule has 4 heteroatoms. The molecule has 0 atom stereocenters. The lowest BCUT2D eigenvalue weighted by Crippen LogP contribution is -2.07. The highest BCUT2D eigenvalue weighted by Crippen LogP contribution is 2.10. The molecular formula is C14H16ClN3. The Labute approximate surface area is 112 Å². The number of benzene rings is 1. The van der Waals surface area contributed by atoms with E-state index in [-0.39, 0.29) is 5.28 Å². The van der Waals surface area contributed by atoms with Crippen LogP contribution in [-0.2, 0) is 6.42 Å². The third-order valence-electron chi connectivity index (χ3n) is 2.63. The van der Waals surface area contributed by atoms with E-state index in [1.807, 2.05) is 13.0 Å². The Morgan fingerprint density at radius 2 is 2.00 bits per heavy atom. The zero-order valence-corrected chi connectivity index (χ0v) is 11.3. The summed E-state index contributed by atoms with van der Waals surface area (Å²) < 4.78 is 0. The normalized spacial score (nSPS) is 10.4. The highest BCUT2D eigenvalue weighted by molar-refractivity contribution is 6.28. The van der Waals surface area contributed by atoms with Gasteiger partial charge in [-0.15, -0.1) is 0 Å². The Morgan fingerprint density at radius 3 is 2.72 bits per heavy atom. The third-order valence-corrected chi connectivity index (χ3v) is 2.80. The molecule has 0 aliphatic rings. The predicted octanol–water partition coefficient (Wildman–Crippen LogP) is 3.40. The maximum atomic E-state index is 5.80. The number of hydrogen-bond acceptors (Lipinski definition) is 3. The predicted molar refractivity (Wildman–Crippen MR) is 75.2 cm³/mol. The van der Waals surface area contributed by atoms with E-state index in [0.29, 0.717) is 0 Å². The third kappa shape index (κ3) is 3.70. The zero-order chi connectivity index (χ0) is 13.0. The summed E-state index contributed by atoms with van der Waals surface area (Å²) in [6, 6.07) is 10.4. The molecule has 0 bridgehead atoms. The second-order valence-corrected chi connectivity index (χ2v) is 4.67. The number of hydrogen-bond donors (Lipinski definition) is 1. The van der Waals surface area contributed by atoms with Crippen LogP contribution in [0.15, 0.2) is 30.3 Å². The summed E-state index contributed by atoms with van der Waals surface area (Å²) in [5.74, 6) is 0.778. The van der Waals surface area contributed by atoms with Gasteiger partial charge in [0.15, 0.2) is 0 Å². The van der Waals surface area contributed by atoms with Crippen molar-refractivity contribution in [3.8, 4) is 0 Å². The zero-order valence-electron chi connectivity index (χ0n) is 10.6. The van der Waals surface area contributed by atoms with Gasteiger partial charge in [0.05, 0.1) is 0 Å². The van der Waals surface area contributed by atoms with Crippen LogP contribution in [0.3, 0.4) is 0 Å². The largest absolute Gasteiger partial charge is 0.370 e. The number of aryl methyl sites for hydroxylation is 2. The van der Waals surface area contributed by atoms with Crippen LogP contribution in [-0.4, -0.2) is 16.5 Å². The van der Waals surface area contributed by atoms with Crippen LogP contribution in [0, 0.1) is 13.8 Å². The average molecular weight is 262 g/mol. The van der Waals surface area contributed by atoms with Crippen molar-refractivity contribution in [1.82, 2.24) is 9.97 Å². The number of halogens is 1. The molecule has 0 radical (unpaired) electrons. The first kappa shape index (κ1) is 12.8. The van der Waals surface area contributed by atoms with Crippen LogP contribution in [0.5, 0.6) is 0 Å². The van der Waals surface area contributed by atoms with Gasteiger partial charge >= 0.3 is 0 Å². The lowest BCUT2D eigenvalue weighted by atomic mass is 10.1. The molecule has 18 heavy (non-hydrogen) atoms. The summed E-state index contributed by atoms with van der Waals surface area (Å²) >= 11 is 5.80. The summed E-state index contributed by atoms with van der Waals surface area (Å²) in [4.78, 5) is 8.15. The lowest BCUT2D eigenvalue weighted by Gasteiger charge is -2.07. The second-order valence-electron chi connectivity index (χ2n) is 4.33. The van der Waals surface area contributed by atoms with E-state index < -0.39 is 0 Å². The fourth-order valence-corrected chi connectivity index (χ4v) is 2.05. The van der Waals surface area contributed by atoms with Crippen LogP contribution in [0.1, 0.15) is 16.8 Å². The minimum atomic E-state index is 0.285. The van der Waals surface area contributed by atoms with Crippen molar-refractivity contribution in [3.05, 3.63) is 52.4 Å². The molecule has 2 aromatic rings. The summed E-state index contributed by atoms with van der Waals surface area (Å²) in [5.41, 5.74) is 3.47. The molecule has 0 fully saturated rings. The van der Waals surface area contributed by atoms with Crippen molar-refractivity contribution >= 4 is 17.4 Å². The maximum absolute atomic E-state index is 5.80. The van der Waals surface area contributed by atoms with Crippen LogP contribution in [0.2, 0.25) is 5.28 Å². The molecule has 0 aliphatic heterocycles. The SMILES string of the molecule is Cc1cccc(CCNc2cc(C)nc(Cl)n2)c1.